The van der Waals surface area contributed by atoms with E-state index in [9.17, 15) is 4.79 Å². The first-order valence-electron chi connectivity index (χ1n) is 8.38. The summed E-state index contributed by atoms with van der Waals surface area (Å²) in [5, 5.41) is 0. The lowest BCUT2D eigenvalue weighted by Crippen LogP contribution is -2.24. The van der Waals surface area contributed by atoms with E-state index in [0.717, 1.165) is 17.7 Å². The number of aromatic nitrogens is 2. The number of hydrogen-bond donors (Lipinski definition) is 1. The molecular formula is C19H26N4O2. The van der Waals surface area contributed by atoms with E-state index in [4.69, 9.17) is 10.5 Å². The van der Waals surface area contributed by atoms with Crippen molar-refractivity contribution < 1.29 is 9.53 Å². The molecule has 6 nitrogen and oxygen atoms in total. The Balaban J connectivity index is 2.42. The Kier molecular flexibility index (Phi) is 5.96. The fourth-order valence-electron chi connectivity index (χ4n) is 2.43. The normalized spacial score (nSPS) is 10.8. The summed E-state index contributed by atoms with van der Waals surface area (Å²) < 4.78 is 5.82. The summed E-state index contributed by atoms with van der Waals surface area (Å²) in [4.78, 5) is 22.5. The largest absolute Gasteiger partial charge is 0.494 e. The number of carbonyl (C=O) groups is 1. The van der Waals surface area contributed by atoms with E-state index in [1.54, 1.807) is 21.0 Å². The fourth-order valence-corrected chi connectivity index (χ4v) is 2.43. The van der Waals surface area contributed by atoms with Crippen molar-refractivity contribution in [3.05, 3.63) is 35.5 Å². The quantitative estimate of drug-likeness (QED) is 0.872. The van der Waals surface area contributed by atoms with Crippen LogP contribution in [0.2, 0.25) is 0 Å². The maximum absolute atomic E-state index is 12.6. The van der Waals surface area contributed by atoms with Crippen molar-refractivity contribution in [2.45, 2.75) is 27.2 Å². The molecule has 0 atom stereocenters. The van der Waals surface area contributed by atoms with Crippen LogP contribution in [0.4, 0.5) is 5.95 Å². The highest BCUT2D eigenvalue weighted by atomic mass is 16.5. The van der Waals surface area contributed by atoms with Crippen molar-refractivity contribution in [2.75, 3.05) is 26.4 Å². The molecule has 0 bridgehead atoms. The van der Waals surface area contributed by atoms with Gasteiger partial charge < -0.3 is 15.4 Å². The number of rotatable bonds is 6. The van der Waals surface area contributed by atoms with Gasteiger partial charge in [-0.3, -0.25) is 4.79 Å². The van der Waals surface area contributed by atoms with E-state index >= 15 is 0 Å². The molecule has 0 unspecified atom stereocenters. The molecule has 1 heterocycles. The summed E-state index contributed by atoms with van der Waals surface area (Å²) in [6.45, 7) is 6.73. The average molecular weight is 342 g/mol. The van der Waals surface area contributed by atoms with Crippen molar-refractivity contribution in [3.8, 4) is 17.0 Å². The summed E-state index contributed by atoms with van der Waals surface area (Å²) in [7, 11) is 3.40. The SMILES string of the molecule is Cc1nc(N)nc(-c2cccc(OCCC(C)C)c2)c1C(=O)N(C)C. The third-order valence-electron chi connectivity index (χ3n) is 3.80. The Morgan fingerprint density at radius 1 is 1.28 bits per heavy atom. The zero-order valence-electron chi connectivity index (χ0n) is 15.5. The van der Waals surface area contributed by atoms with Crippen LogP contribution in [0.3, 0.4) is 0 Å². The molecule has 1 amide bonds. The molecule has 0 aliphatic heterocycles. The van der Waals surface area contributed by atoms with Crippen LogP contribution in [0.5, 0.6) is 5.75 Å². The van der Waals surface area contributed by atoms with E-state index in [0.29, 0.717) is 29.5 Å². The molecule has 25 heavy (non-hydrogen) atoms. The number of nitrogen functional groups attached to an aromatic ring is 1. The predicted molar refractivity (Wildman–Crippen MR) is 99.6 cm³/mol. The second-order valence-electron chi connectivity index (χ2n) is 6.65. The summed E-state index contributed by atoms with van der Waals surface area (Å²) in [6, 6.07) is 7.56. The Morgan fingerprint density at radius 3 is 2.64 bits per heavy atom. The molecule has 0 saturated heterocycles. The minimum atomic E-state index is -0.154. The highest BCUT2D eigenvalue weighted by Crippen LogP contribution is 2.28. The molecule has 1 aromatic heterocycles. The maximum atomic E-state index is 12.6. The summed E-state index contributed by atoms with van der Waals surface area (Å²) in [5.74, 6) is 1.32. The lowest BCUT2D eigenvalue weighted by atomic mass is 10.0. The highest BCUT2D eigenvalue weighted by Gasteiger charge is 2.21. The van der Waals surface area contributed by atoms with Crippen molar-refractivity contribution in [3.63, 3.8) is 0 Å². The highest BCUT2D eigenvalue weighted by molar-refractivity contribution is 6.00. The number of amides is 1. The summed E-state index contributed by atoms with van der Waals surface area (Å²) in [5.41, 5.74) is 8.14. The maximum Gasteiger partial charge on any atom is 0.257 e. The Morgan fingerprint density at radius 2 is 2.00 bits per heavy atom. The zero-order chi connectivity index (χ0) is 18.6. The number of ether oxygens (including phenoxy) is 1. The fraction of sp³-hybridized carbons (Fsp3) is 0.421. The van der Waals surface area contributed by atoms with Gasteiger partial charge in [0.05, 0.1) is 23.6 Å². The van der Waals surface area contributed by atoms with Gasteiger partial charge in [-0.25, -0.2) is 9.97 Å². The van der Waals surface area contributed by atoms with Gasteiger partial charge >= 0.3 is 0 Å². The standard InChI is InChI=1S/C19H26N4O2/c1-12(2)9-10-25-15-8-6-7-14(11-15)17-16(18(24)23(4)5)13(3)21-19(20)22-17/h6-8,11-12H,9-10H2,1-5H3,(H2,20,21,22). The summed E-state index contributed by atoms with van der Waals surface area (Å²) in [6.07, 6.45) is 0.980. The second-order valence-corrected chi connectivity index (χ2v) is 6.65. The number of nitrogens with two attached hydrogens (primary N) is 1. The molecular weight excluding hydrogens is 316 g/mol. The molecule has 0 aliphatic carbocycles. The Bertz CT molecular complexity index is 757. The first kappa shape index (κ1) is 18.7. The second kappa shape index (κ2) is 7.96. The number of aryl methyl sites for hydroxylation is 1. The summed E-state index contributed by atoms with van der Waals surface area (Å²) >= 11 is 0. The number of carbonyl (C=O) groups excluding carboxylic acids is 1. The van der Waals surface area contributed by atoms with Gasteiger partial charge in [0.2, 0.25) is 5.95 Å². The first-order chi connectivity index (χ1) is 11.8. The van der Waals surface area contributed by atoms with E-state index in [2.05, 4.69) is 23.8 Å². The van der Waals surface area contributed by atoms with Gasteiger partial charge in [0.1, 0.15) is 5.75 Å². The number of anilines is 1. The smallest absolute Gasteiger partial charge is 0.257 e. The monoisotopic (exact) mass is 342 g/mol. The van der Waals surface area contributed by atoms with Gasteiger partial charge in [-0.1, -0.05) is 26.0 Å². The minimum Gasteiger partial charge on any atom is -0.494 e. The molecule has 2 aromatic rings. The molecule has 0 radical (unpaired) electrons. The van der Waals surface area contributed by atoms with Crippen molar-refractivity contribution >= 4 is 11.9 Å². The van der Waals surface area contributed by atoms with Crippen molar-refractivity contribution in [2.24, 2.45) is 5.92 Å². The van der Waals surface area contributed by atoms with Crippen LogP contribution in [0.1, 0.15) is 36.3 Å². The van der Waals surface area contributed by atoms with Gasteiger partial charge in [0.25, 0.3) is 5.91 Å². The molecule has 0 aliphatic rings. The molecule has 134 valence electrons. The molecule has 0 spiro atoms. The molecule has 2 rings (SSSR count). The predicted octanol–water partition coefficient (Wildman–Crippen LogP) is 3.16. The van der Waals surface area contributed by atoms with Crippen LogP contribution in [0, 0.1) is 12.8 Å². The van der Waals surface area contributed by atoms with E-state index in [-0.39, 0.29) is 11.9 Å². The van der Waals surface area contributed by atoms with Crippen LogP contribution < -0.4 is 10.5 Å². The van der Waals surface area contributed by atoms with Gasteiger partial charge in [-0.2, -0.15) is 0 Å². The molecule has 1 aromatic carbocycles. The van der Waals surface area contributed by atoms with Gasteiger partial charge in [-0.15, -0.1) is 0 Å². The number of nitrogens with zero attached hydrogens (tertiary/aromatic N) is 3. The Labute approximate surface area is 149 Å². The van der Waals surface area contributed by atoms with Crippen LogP contribution in [0.25, 0.3) is 11.3 Å². The third kappa shape index (κ3) is 4.68. The van der Waals surface area contributed by atoms with E-state index in [1.165, 1.54) is 4.90 Å². The first-order valence-corrected chi connectivity index (χ1v) is 8.38. The van der Waals surface area contributed by atoms with E-state index in [1.807, 2.05) is 24.3 Å². The number of benzene rings is 1. The zero-order valence-corrected chi connectivity index (χ0v) is 15.5. The third-order valence-corrected chi connectivity index (χ3v) is 3.80. The van der Waals surface area contributed by atoms with Crippen LogP contribution in [-0.2, 0) is 0 Å². The topological polar surface area (TPSA) is 81.3 Å². The molecule has 0 saturated carbocycles. The van der Waals surface area contributed by atoms with Crippen LogP contribution in [-0.4, -0.2) is 41.5 Å². The van der Waals surface area contributed by atoms with Crippen LogP contribution in [0.15, 0.2) is 24.3 Å². The van der Waals surface area contributed by atoms with Crippen molar-refractivity contribution in [1.82, 2.24) is 14.9 Å². The number of hydrogen-bond acceptors (Lipinski definition) is 5. The molecule has 2 N–H and O–H groups in total. The lowest BCUT2D eigenvalue weighted by Gasteiger charge is -2.16. The van der Waals surface area contributed by atoms with Gasteiger partial charge in [-0.05, 0) is 31.4 Å². The van der Waals surface area contributed by atoms with Gasteiger partial charge in [0, 0.05) is 19.7 Å². The lowest BCUT2D eigenvalue weighted by molar-refractivity contribution is 0.0827. The van der Waals surface area contributed by atoms with Crippen LogP contribution >= 0.6 is 0 Å². The van der Waals surface area contributed by atoms with E-state index < -0.39 is 0 Å². The van der Waals surface area contributed by atoms with Crippen molar-refractivity contribution in [1.29, 1.82) is 0 Å². The van der Waals surface area contributed by atoms with Gasteiger partial charge in [0.15, 0.2) is 0 Å². The molecule has 0 fully saturated rings. The molecule has 6 heteroatoms. The average Bonchev–Trinajstić information content (AvgIpc) is 2.53. The minimum absolute atomic E-state index is 0.147. The Hall–Kier alpha value is -2.63.